The highest BCUT2D eigenvalue weighted by molar-refractivity contribution is 5.98. The Morgan fingerprint density at radius 1 is 0.524 bits per heavy atom. The number of allylic oxidation sites excluding steroid dienone is 1. The van der Waals surface area contributed by atoms with E-state index in [1.807, 2.05) is 0 Å². The van der Waals surface area contributed by atoms with E-state index in [4.69, 9.17) is 0 Å². The van der Waals surface area contributed by atoms with Crippen LogP contribution in [0.25, 0.3) is 22.8 Å². The van der Waals surface area contributed by atoms with E-state index in [9.17, 15) is 0 Å². The molecule has 0 heterocycles. The zero-order chi connectivity index (χ0) is 14.1. The molecule has 3 aromatic rings. The van der Waals surface area contributed by atoms with Crippen LogP contribution < -0.4 is 0 Å². The highest BCUT2D eigenvalue weighted by atomic mass is 14.2. The lowest BCUT2D eigenvalue weighted by Crippen LogP contribution is -1.85. The first-order valence-corrected chi connectivity index (χ1v) is 7.22. The van der Waals surface area contributed by atoms with Gasteiger partial charge in [-0.25, -0.2) is 0 Å². The topological polar surface area (TPSA) is 0 Å². The van der Waals surface area contributed by atoms with Crippen LogP contribution in [0.15, 0.2) is 78.9 Å². The van der Waals surface area contributed by atoms with Gasteiger partial charge in [0.2, 0.25) is 0 Å². The molecule has 0 unspecified atom stereocenters. The maximum Gasteiger partial charge on any atom is 0.0211 e. The molecule has 99 valence electrons. The van der Waals surface area contributed by atoms with Crippen molar-refractivity contribution in [3.63, 3.8) is 0 Å². The predicted octanol–water partition coefficient (Wildman–Crippen LogP) is 5.46. The van der Waals surface area contributed by atoms with Crippen molar-refractivity contribution in [3.05, 3.63) is 102 Å². The first-order chi connectivity index (χ1) is 10.4. The summed E-state index contributed by atoms with van der Waals surface area (Å²) in [6, 6.07) is 27.7. The summed E-state index contributed by atoms with van der Waals surface area (Å²) >= 11 is 0. The molecule has 1 aliphatic carbocycles. The van der Waals surface area contributed by atoms with E-state index >= 15 is 0 Å². The lowest BCUT2D eigenvalue weighted by atomic mass is 9.97. The van der Waals surface area contributed by atoms with Crippen molar-refractivity contribution in [1.29, 1.82) is 0 Å². The highest BCUT2D eigenvalue weighted by Crippen LogP contribution is 2.38. The van der Waals surface area contributed by atoms with Gasteiger partial charge in [-0.15, -0.1) is 0 Å². The Morgan fingerprint density at radius 2 is 1.19 bits per heavy atom. The van der Waals surface area contributed by atoms with Crippen molar-refractivity contribution >= 4 is 11.6 Å². The van der Waals surface area contributed by atoms with Crippen LogP contribution in [-0.4, -0.2) is 0 Å². The Kier molecular flexibility index (Phi) is 2.93. The number of benzene rings is 3. The van der Waals surface area contributed by atoms with Crippen LogP contribution in [0.5, 0.6) is 0 Å². The molecule has 0 bridgehead atoms. The van der Waals surface area contributed by atoms with Crippen molar-refractivity contribution in [2.75, 3.05) is 0 Å². The Morgan fingerprint density at radius 3 is 1.90 bits per heavy atom. The van der Waals surface area contributed by atoms with E-state index in [-0.39, 0.29) is 0 Å². The molecule has 0 heteroatoms. The van der Waals surface area contributed by atoms with Crippen molar-refractivity contribution in [3.8, 4) is 11.1 Å². The molecule has 0 saturated carbocycles. The van der Waals surface area contributed by atoms with E-state index in [2.05, 4.69) is 91.4 Å². The SMILES string of the molecule is [CH]1C(c2ccccc2)=Cc2c1cccc2-c1ccccc1. The molecule has 0 aromatic heterocycles. The van der Waals surface area contributed by atoms with E-state index in [0.717, 1.165) is 0 Å². The monoisotopic (exact) mass is 267 g/mol. The lowest BCUT2D eigenvalue weighted by molar-refractivity contribution is 1.52. The van der Waals surface area contributed by atoms with E-state index < -0.39 is 0 Å². The molecular weight excluding hydrogens is 252 g/mol. The fourth-order valence-electron chi connectivity index (χ4n) is 2.90. The quantitative estimate of drug-likeness (QED) is 0.578. The third kappa shape index (κ3) is 2.19. The predicted molar refractivity (Wildman–Crippen MR) is 89.6 cm³/mol. The number of hydrogen-bond donors (Lipinski definition) is 0. The Balaban J connectivity index is 1.83. The third-order valence-electron chi connectivity index (χ3n) is 3.94. The average Bonchev–Trinajstić information content (AvgIpc) is 3.00. The van der Waals surface area contributed by atoms with Gasteiger partial charge in [0.25, 0.3) is 0 Å². The summed E-state index contributed by atoms with van der Waals surface area (Å²) in [4.78, 5) is 0. The lowest BCUT2D eigenvalue weighted by Gasteiger charge is -2.07. The van der Waals surface area contributed by atoms with Gasteiger partial charge in [0.05, 0.1) is 0 Å². The second-order valence-corrected chi connectivity index (χ2v) is 5.28. The first-order valence-electron chi connectivity index (χ1n) is 7.22. The van der Waals surface area contributed by atoms with E-state index in [0.29, 0.717) is 0 Å². The van der Waals surface area contributed by atoms with Crippen molar-refractivity contribution < 1.29 is 0 Å². The molecule has 4 rings (SSSR count). The molecule has 3 aromatic carbocycles. The normalized spacial score (nSPS) is 12.9. The van der Waals surface area contributed by atoms with Crippen molar-refractivity contribution in [1.82, 2.24) is 0 Å². The minimum Gasteiger partial charge on any atom is -0.0622 e. The van der Waals surface area contributed by atoms with Gasteiger partial charge in [-0.3, -0.25) is 0 Å². The summed E-state index contributed by atoms with van der Waals surface area (Å²) < 4.78 is 0. The zero-order valence-electron chi connectivity index (χ0n) is 11.7. The van der Waals surface area contributed by atoms with Gasteiger partial charge in [0, 0.05) is 6.42 Å². The summed E-state index contributed by atoms with van der Waals surface area (Å²) in [5.41, 5.74) is 7.75. The van der Waals surface area contributed by atoms with Crippen LogP contribution in [0.2, 0.25) is 0 Å². The van der Waals surface area contributed by atoms with Crippen LogP contribution in [0.3, 0.4) is 0 Å². The largest absolute Gasteiger partial charge is 0.0622 e. The van der Waals surface area contributed by atoms with Gasteiger partial charge in [-0.05, 0) is 39.5 Å². The van der Waals surface area contributed by atoms with Crippen LogP contribution in [-0.2, 0) is 0 Å². The van der Waals surface area contributed by atoms with Crippen molar-refractivity contribution in [2.45, 2.75) is 0 Å². The van der Waals surface area contributed by atoms with E-state index in [1.165, 1.54) is 33.4 Å². The van der Waals surface area contributed by atoms with Gasteiger partial charge < -0.3 is 0 Å². The third-order valence-corrected chi connectivity index (χ3v) is 3.94. The minimum atomic E-state index is 1.27. The molecule has 0 N–H and O–H groups in total. The number of rotatable bonds is 2. The summed E-state index contributed by atoms with van der Waals surface area (Å²) in [6.07, 6.45) is 4.57. The van der Waals surface area contributed by atoms with E-state index in [1.54, 1.807) is 0 Å². The standard InChI is InChI=1S/C21H15/c1-3-8-16(9-4-1)19-14-18-12-7-13-20(21(18)15-19)17-10-5-2-6-11-17/h1-15H. The fraction of sp³-hybridized carbons (Fsp3) is 0. The Bertz CT molecular complexity index is 796. The molecule has 0 atom stereocenters. The molecule has 0 spiro atoms. The molecule has 0 amide bonds. The fourth-order valence-corrected chi connectivity index (χ4v) is 2.90. The molecule has 0 aliphatic heterocycles. The summed E-state index contributed by atoms with van der Waals surface area (Å²) in [5, 5.41) is 0. The van der Waals surface area contributed by atoms with Gasteiger partial charge in [0.1, 0.15) is 0 Å². The zero-order valence-corrected chi connectivity index (χ0v) is 11.7. The van der Waals surface area contributed by atoms with Crippen LogP contribution in [0, 0.1) is 6.42 Å². The molecule has 0 nitrogen and oxygen atoms in total. The summed E-state index contributed by atoms with van der Waals surface area (Å²) in [7, 11) is 0. The summed E-state index contributed by atoms with van der Waals surface area (Å²) in [5.74, 6) is 0. The van der Waals surface area contributed by atoms with Gasteiger partial charge in [0.15, 0.2) is 0 Å². The highest BCUT2D eigenvalue weighted by Gasteiger charge is 2.17. The molecule has 0 saturated heterocycles. The molecule has 1 radical (unpaired) electrons. The molecular formula is C21H15. The van der Waals surface area contributed by atoms with Crippen LogP contribution in [0.4, 0.5) is 0 Å². The smallest absolute Gasteiger partial charge is 0.0211 e. The Hall–Kier alpha value is -2.60. The average molecular weight is 267 g/mol. The molecule has 21 heavy (non-hydrogen) atoms. The van der Waals surface area contributed by atoms with Crippen molar-refractivity contribution in [2.24, 2.45) is 0 Å². The van der Waals surface area contributed by atoms with Gasteiger partial charge >= 0.3 is 0 Å². The minimum absolute atomic E-state index is 1.27. The van der Waals surface area contributed by atoms with Crippen LogP contribution >= 0.6 is 0 Å². The first kappa shape index (κ1) is 12.2. The Labute approximate surface area is 125 Å². The maximum atomic E-state index is 2.30. The van der Waals surface area contributed by atoms with Gasteiger partial charge in [-0.2, -0.15) is 0 Å². The number of hydrogen-bond acceptors (Lipinski definition) is 0. The van der Waals surface area contributed by atoms with Crippen LogP contribution in [0.1, 0.15) is 16.7 Å². The summed E-state index contributed by atoms with van der Waals surface area (Å²) in [6.45, 7) is 0. The molecule has 1 aliphatic rings. The number of fused-ring (bicyclic) bond motifs is 1. The second-order valence-electron chi connectivity index (χ2n) is 5.28. The molecule has 0 fully saturated rings. The maximum absolute atomic E-state index is 2.30. The van der Waals surface area contributed by atoms with Gasteiger partial charge in [-0.1, -0.05) is 78.9 Å². The second kappa shape index (κ2) is 5.06.